The number of esters is 1. The molecule has 1 aromatic carbocycles. The third-order valence-corrected chi connectivity index (χ3v) is 4.92. The third kappa shape index (κ3) is 4.00. The summed E-state index contributed by atoms with van der Waals surface area (Å²) in [6.07, 6.45) is 0.347. The van der Waals surface area contributed by atoms with Crippen LogP contribution in [0.4, 0.5) is 0 Å². The highest BCUT2D eigenvalue weighted by Crippen LogP contribution is 2.36. The molecular formula is C21H21Cl2N3O4. The number of ether oxygens (including phenoxy) is 1. The standard InChI is InChI=1S/C21H21Cl2N3O4/c1-6-14-16(18(27)28)25-20-24-10(2)15(19(29)30-21(3,4)5)17(26(14)20)12-8-7-11(22)9-13(12)23/h7-9H,6H2,1-5H3,(H,27,28). The second-order valence-electron chi connectivity index (χ2n) is 7.75. The Labute approximate surface area is 183 Å². The van der Waals surface area contributed by atoms with E-state index in [0.717, 1.165) is 0 Å². The van der Waals surface area contributed by atoms with Gasteiger partial charge in [0.05, 0.1) is 22.1 Å². The van der Waals surface area contributed by atoms with Gasteiger partial charge in [0.1, 0.15) is 11.2 Å². The second kappa shape index (κ2) is 7.89. The van der Waals surface area contributed by atoms with Crippen LogP contribution in [0, 0.1) is 6.92 Å². The van der Waals surface area contributed by atoms with Crippen molar-refractivity contribution in [3.05, 3.63) is 50.9 Å². The Morgan fingerprint density at radius 3 is 2.40 bits per heavy atom. The highest BCUT2D eigenvalue weighted by Gasteiger charge is 2.30. The van der Waals surface area contributed by atoms with Gasteiger partial charge in [-0.3, -0.25) is 4.40 Å². The van der Waals surface area contributed by atoms with Crippen LogP contribution in [0.1, 0.15) is 59.9 Å². The summed E-state index contributed by atoms with van der Waals surface area (Å²) in [6, 6.07) is 4.87. The van der Waals surface area contributed by atoms with Gasteiger partial charge >= 0.3 is 11.9 Å². The van der Waals surface area contributed by atoms with Crippen molar-refractivity contribution >= 4 is 40.9 Å². The average Bonchev–Trinajstić information content (AvgIpc) is 2.97. The van der Waals surface area contributed by atoms with E-state index < -0.39 is 17.5 Å². The molecule has 0 unspecified atom stereocenters. The number of rotatable bonds is 4. The van der Waals surface area contributed by atoms with Gasteiger partial charge in [-0.15, -0.1) is 0 Å². The minimum atomic E-state index is -1.18. The number of fused-ring (bicyclic) bond motifs is 1. The van der Waals surface area contributed by atoms with Gasteiger partial charge in [-0.05, 0) is 52.3 Å². The van der Waals surface area contributed by atoms with Crippen LogP contribution in [-0.2, 0) is 11.2 Å². The smallest absolute Gasteiger partial charge is 0.356 e. The highest BCUT2D eigenvalue weighted by atomic mass is 35.5. The van der Waals surface area contributed by atoms with Crippen LogP contribution in [-0.4, -0.2) is 37.0 Å². The molecule has 158 valence electrons. The maximum Gasteiger partial charge on any atom is 0.356 e. The molecule has 9 heteroatoms. The number of hydrogen-bond donors (Lipinski definition) is 1. The van der Waals surface area contributed by atoms with E-state index in [4.69, 9.17) is 27.9 Å². The lowest BCUT2D eigenvalue weighted by Gasteiger charge is -2.22. The van der Waals surface area contributed by atoms with Crippen molar-refractivity contribution < 1.29 is 19.4 Å². The molecule has 0 fully saturated rings. The van der Waals surface area contributed by atoms with Gasteiger partial charge in [-0.1, -0.05) is 30.1 Å². The monoisotopic (exact) mass is 449 g/mol. The molecule has 3 aromatic rings. The highest BCUT2D eigenvalue weighted by molar-refractivity contribution is 6.36. The van der Waals surface area contributed by atoms with Crippen LogP contribution < -0.4 is 0 Å². The van der Waals surface area contributed by atoms with Gasteiger partial charge in [0.25, 0.3) is 0 Å². The molecule has 0 aliphatic rings. The summed E-state index contributed by atoms with van der Waals surface area (Å²) in [5.74, 6) is -1.61. The lowest BCUT2D eigenvalue weighted by atomic mass is 10.0. The van der Waals surface area contributed by atoms with E-state index in [2.05, 4.69) is 9.97 Å². The van der Waals surface area contributed by atoms with E-state index in [9.17, 15) is 14.7 Å². The normalized spacial score (nSPS) is 11.7. The summed E-state index contributed by atoms with van der Waals surface area (Å²) in [6.45, 7) is 8.73. The summed E-state index contributed by atoms with van der Waals surface area (Å²) < 4.78 is 7.17. The molecule has 0 aliphatic carbocycles. The number of carbonyl (C=O) groups excluding carboxylic acids is 1. The molecule has 0 atom stereocenters. The molecular weight excluding hydrogens is 429 g/mol. The third-order valence-electron chi connectivity index (χ3n) is 4.37. The van der Waals surface area contributed by atoms with Crippen molar-refractivity contribution in [2.45, 2.75) is 46.6 Å². The van der Waals surface area contributed by atoms with Crippen molar-refractivity contribution in [1.29, 1.82) is 0 Å². The Morgan fingerprint density at radius 1 is 1.20 bits per heavy atom. The first-order chi connectivity index (χ1) is 13.9. The van der Waals surface area contributed by atoms with E-state index in [-0.39, 0.29) is 17.0 Å². The molecule has 30 heavy (non-hydrogen) atoms. The number of aryl methyl sites for hydroxylation is 2. The number of carboxylic acid groups (broad SMARTS) is 1. The van der Waals surface area contributed by atoms with Crippen LogP contribution >= 0.6 is 23.2 Å². The maximum atomic E-state index is 13.2. The van der Waals surface area contributed by atoms with Crippen molar-refractivity contribution in [3.63, 3.8) is 0 Å². The number of carboxylic acids is 1. The first kappa shape index (κ1) is 22.1. The van der Waals surface area contributed by atoms with E-state index in [1.807, 2.05) is 0 Å². The predicted octanol–water partition coefficient (Wildman–Crippen LogP) is 5.23. The second-order valence-corrected chi connectivity index (χ2v) is 8.59. The van der Waals surface area contributed by atoms with Crippen LogP contribution in [0.25, 0.3) is 17.0 Å². The Morgan fingerprint density at radius 2 is 1.87 bits per heavy atom. The first-order valence-electron chi connectivity index (χ1n) is 9.28. The maximum absolute atomic E-state index is 13.2. The van der Waals surface area contributed by atoms with Gasteiger partial charge in [0.15, 0.2) is 5.69 Å². The van der Waals surface area contributed by atoms with Gasteiger partial charge in [-0.2, -0.15) is 0 Å². The van der Waals surface area contributed by atoms with Crippen LogP contribution in [0.15, 0.2) is 18.2 Å². The van der Waals surface area contributed by atoms with Crippen molar-refractivity contribution in [1.82, 2.24) is 14.4 Å². The first-order valence-corrected chi connectivity index (χ1v) is 10.0. The van der Waals surface area contributed by atoms with Gasteiger partial charge in [0.2, 0.25) is 5.78 Å². The molecule has 0 saturated carbocycles. The minimum absolute atomic E-state index is 0.128. The molecule has 0 saturated heterocycles. The van der Waals surface area contributed by atoms with Gasteiger partial charge < -0.3 is 9.84 Å². The fourth-order valence-corrected chi connectivity index (χ4v) is 3.75. The van der Waals surface area contributed by atoms with E-state index in [1.54, 1.807) is 57.2 Å². The predicted molar refractivity (Wildman–Crippen MR) is 115 cm³/mol. The molecule has 0 radical (unpaired) electrons. The molecule has 0 amide bonds. The minimum Gasteiger partial charge on any atom is -0.476 e. The van der Waals surface area contributed by atoms with Crippen molar-refractivity contribution in [2.24, 2.45) is 0 Å². The lowest BCUT2D eigenvalue weighted by Crippen LogP contribution is -2.25. The number of halogens is 2. The summed E-state index contributed by atoms with van der Waals surface area (Å²) in [5.41, 5.74) is 0.918. The summed E-state index contributed by atoms with van der Waals surface area (Å²) in [4.78, 5) is 33.5. The van der Waals surface area contributed by atoms with Gasteiger partial charge in [-0.25, -0.2) is 19.6 Å². The average molecular weight is 450 g/mol. The van der Waals surface area contributed by atoms with E-state index in [0.29, 0.717) is 39.1 Å². The zero-order chi connectivity index (χ0) is 22.4. The zero-order valence-corrected chi connectivity index (χ0v) is 18.7. The lowest BCUT2D eigenvalue weighted by molar-refractivity contribution is 0.00685. The molecule has 3 rings (SSSR count). The number of benzene rings is 1. The quantitative estimate of drug-likeness (QED) is 0.548. The van der Waals surface area contributed by atoms with Crippen molar-refractivity contribution in [3.8, 4) is 11.3 Å². The van der Waals surface area contributed by atoms with Crippen LogP contribution in [0.5, 0.6) is 0 Å². The number of hydrogen-bond acceptors (Lipinski definition) is 5. The number of aromatic nitrogens is 3. The fourth-order valence-electron chi connectivity index (χ4n) is 3.25. The number of carbonyl (C=O) groups is 2. The summed E-state index contributed by atoms with van der Waals surface area (Å²) in [7, 11) is 0. The molecule has 0 spiro atoms. The summed E-state index contributed by atoms with van der Waals surface area (Å²) in [5, 5.41) is 10.3. The largest absolute Gasteiger partial charge is 0.476 e. The number of nitrogens with zero attached hydrogens (tertiary/aromatic N) is 3. The van der Waals surface area contributed by atoms with Gasteiger partial charge in [0, 0.05) is 10.6 Å². The Hall–Kier alpha value is -2.64. The van der Waals surface area contributed by atoms with Crippen LogP contribution in [0.2, 0.25) is 10.0 Å². The van der Waals surface area contributed by atoms with Crippen molar-refractivity contribution in [2.75, 3.05) is 0 Å². The molecule has 1 N–H and O–H groups in total. The summed E-state index contributed by atoms with van der Waals surface area (Å²) >= 11 is 12.5. The topological polar surface area (TPSA) is 93.8 Å². The Bertz CT molecular complexity index is 1180. The van der Waals surface area contributed by atoms with Crippen LogP contribution in [0.3, 0.4) is 0 Å². The number of imidazole rings is 1. The Kier molecular flexibility index (Phi) is 5.80. The zero-order valence-electron chi connectivity index (χ0n) is 17.2. The number of aromatic carboxylic acids is 1. The molecule has 2 aromatic heterocycles. The Balaban J connectivity index is 2.50. The SMILES string of the molecule is CCc1c(C(=O)O)nc2nc(C)c(C(=O)OC(C)(C)C)c(-c3ccc(Cl)cc3Cl)n12. The van der Waals surface area contributed by atoms with E-state index >= 15 is 0 Å². The fraction of sp³-hybridized carbons (Fsp3) is 0.333. The van der Waals surface area contributed by atoms with E-state index in [1.165, 1.54) is 0 Å². The molecule has 0 bridgehead atoms. The molecule has 7 nitrogen and oxygen atoms in total. The molecule has 2 heterocycles. The molecule has 0 aliphatic heterocycles.